The number of hydrogen-bond acceptors (Lipinski definition) is 15. The monoisotopic (exact) mass is 1180 g/mol. The minimum Gasteiger partial charge on any atom is -1.00 e. The summed E-state index contributed by atoms with van der Waals surface area (Å²) in [6.45, 7) is 0.257. The number of carbonyl (C=O) groups excluding carboxylic acids is 6. The SMILES string of the molecule is COc1ccc(C(=O)NCc2cccc(C(=O)Nc3nc4c(s3)C[C@H](N)CC4)c2)cc1Cl.COc1ccc(C(=O)NCc2cccc(C(=O)Nc3nc4c(s3)C[C@H](NC(=O)C(F)(F)F)CC4)c2)cc1Cl.O=CO[O-].[H-].[K+].[K+]. The second-order valence-electron chi connectivity index (χ2n) is 16.3. The summed E-state index contributed by atoms with van der Waals surface area (Å²) in [5.41, 5.74) is 10.9. The van der Waals surface area contributed by atoms with Crippen molar-refractivity contribution in [3.8, 4) is 11.5 Å². The van der Waals surface area contributed by atoms with Crippen LogP contribution in [0.3, 0.4) is 0 Å². The molecule has 0 saturated carbocycles. The van der Waals surface area contributed by atoms with Gasteiger partial charge in [0.1, 0.15) is 11.5 Å². The Balaban J connectivity index is 0.000000369. The summed E-state index contributed by atoms with van der Waals surface area (Å²) in [5.74, 6) is -2.28. The number of fused-ring (bicyclic) bond motifs is 2. The second-order valence-corrected chi connectivity index (χ2v) is 19.2. The first-order valence-corrected chi connectivity index (χ1v) is 24.6. The van der Waals surface area contributed by atoms with Gasteiger partial charge < -0.3 is 42.7 Å². The molecule has 6 aromatic rings. The van der Waals surface area contributed by atoms with Crippen LogP contribution < -0.4 is 150 Å². The third-order valence-electron chi connectivity index (χ3n) is 11.1. The van der Waals surface area contributed by atoms with Crippen LogP contribution in [-0.2, 0) is 53.2 Å². The van der Waals surface area contributed by atoms with Crippen molar-refractivity contribution in [1.82, 2.24) is 25.9 Å². The number of benzene rings is 4. The molecule has 2 heterocycles. The zero-order chi connectivity index (χ0) is 53.5. The minimum absolute atomic E-state index is 0. The molecule has 76 heavy (non-hydrogen) atoms. The average molecular weight is 1180 g/mol. The summed E-state index contributed by atoms with van der Waals surface area (Å²) in [6, 6.07) is 22.8. The van der Waals surface area contributed by atoms with Crippen LogP contribution in [0.4, 0.5) is 23.4 Å². The zero-order valence-electron chi connectivity index (χ0n) is 42.2. The van der Waals surface area contributed by atoms with Crippen LogP contribution in [0.5, 0.6) is 11.5 Å². The standard InChI is InChI=1S/C25H22ClF3N4O4S.C23H23ClN4O3S.CH2O3.2K.H/c1-37-19-8-5-15(10-17(19)26)21(34)30-12-13-3-2-4-14(9-13)22(35)33-24-32-18-7-6-16(11-20(18)38-24)31-23(36)25(27,28)29;1-31-19-8-5-15(10-17(19)24)21(29)26-12-13-3-2-4-14(9-13)22(30)28-23-27-18-7-6-16(25)11-20(18)32-23;2-1-4-3;;;/h2-5,8-10,16H,6-7,11-12H2,1H3,(H,30,34)(H,31,36)(H,32,33,35);2-5,8-10,16H,6-7,11-12,25H2,1H3,(H,26,29)(H,27,28,30);1,3H;;;/q;;;2*+1;-1/p-1/t2*16-;;;;/m11..../s1. The number of rotatable bonds is 14. The molecule has 2 atom stereocenters. The normalized spacial score (nSPS) is 14.0. The van der Waals surface area contributed by atoms with Crippen LogP contribution >= 0.6 is 45.9 Å². The smallest absolute Gasteiger partial charge is 1.00 e. The topological polar surface area (TPSA) is 265 Å². The molecule has 8 rings (SSSR count). The van der Waals surface area contributed by atoms with Gasteiger partial charge in [-0.3, -0.25) is 39.4 Å². The van der Waals surface area contributed by atoms with Crippen LogP contribution in [0.25, 0.3) is 0 Å². The van der Waals surface area contributed by atoms with Gasteiger partial charge in [0.15, 0.2) is 10.3 Å². The molecule has 0 radical (unpaired) electrons. The van der Waals surface area contributed by atoms with E-state index in [9.17, 15) is 37.1 Å². The van der Waals surface area contributed by atoms with Crippen LogP contribution in [0, 0.1) is 0 Å². The number of nitrogens with zero attached hydrogens (tertiary/aromatic N) is 2. The number of carbonyl (C=O) groups is 6. The van der Waals surface area contributed by atoms with Crippen LogP contribution in [-0.4, -0.2) is 78.5 Å². The maximum Gasteiger partial charge on any atom is 1.00 e. The Morgan fingerprint density at radius 2 is 1.14 bits per heavy atom. The molecule has 2 aliphatic carbocycles. The summed E-state index contributed by atoms with van der Waals surface area (Å²) in [5, 5.41) is 23.2. The third-order valence-corrected chi connectivity index (χ3v) is 13.8. The first kappa shape index (κ1) is 64.6. The number of hydrogen-bond donors (Lipinski definition) is 6. The van der Waals surface area contributed by atoms with Gasteiger partial charge in [-0.1, -0.05) is 47.5 Å². The fourth-order valence-electron chi connectivity index (χ4n) is 7.44. The van der Waals surface area contributed by atoms with Crippen molar-refractivity contribution in [2.45, 2.75) is 69.9 Å². The van der Waals surface area contributed by atoms with E-state index >= 15 is 0 Å². The Labute approximate surface area is 538 Å². The fraction of sp³-hybridized carbons (Fsp3) is 0.265. The summed E-state index contributed by atoms with van der Waals surface area (Å²) in [7, 11) is 2.99. The van der Waals surface area contributed by atoms with Crippen molar-refractivity contribution >= 4 is 92.1 Å². The molecule has 2 aliphatic rings. The molecule has 0 spiro atoms. The first-order valence-electron chi connectivity index (χ1n) is 22.2. The number of methoxy groups -OCH3 is 2. The van der Waals surface area contributed by atoms with Crippen LogP contribution in [0.15, 0.2) is 84.9 Å². The number of amides is 5. The largest absolute Gasteiger partial charge is 1.00 e. The van der Waals surface area contributed by atoms with Gasteiger partial charge in [-0.25, -0.2) is 9.97 Å². The van der Waals surface area contributed by atoms with Gasteiger partial charge in [0.25, 0.3) is 30.1 Å². The number of nitrogens with two attached hydrogens (primary N) is 1. The van der Waals surface area contributed by atoms with Gasteiger partial charge >= 0.3 is 115 Å². The Morgan fingerprint density at radius 3 is 1.57 bits per heavy atom. The Hall–Kier alpha value is -3.88. The van der Waals surface area contributed by atoms with E-state index in [1.807, 2.05) is 11.4 Å². The van der Waals surface area contributed by atoms with E-state index in [0.717, 1.165) is 46.7 Å². The van der Waals surface area contributed by atoms with Gasteiger partial charge in [0, 0.05) is 63.6 Å². The quantitative estimate of drug-likeness (QED) is 0.0384. The Kier molecular flexibility index (Phi) is 26.4. The van der Waals surface area contributed by atoms with Crippen LogP contribution in [0.1, 0.15) is 88.0 Å². The predicted octanol–water partition coefficient (Wildman–Crippen LogP) is 0.882. The first-order chi connectivity index (χ1) is 35.4. The average Bonchev–Trinajstić information content (AvgIpc) is 3.99. The molecule has 18 nitrogen and oxygen atoms in total. The van der Waals surface area contributed by atoms with E-state index in [1.165, 1.54) is 31.6 Å². The maximum absolute atomic E-state index is 12.8. The van der Waals surface area contributed by atoms with Crippen molar-refractivity contribution in [2.24, 2.45) is 5.73 Å². The molecular weight excluding hydrogens is 1130 g/mol. The molecule has 4 aromatic carbocycles. The van der Waals surface area contributed by atoms with E-state index in [1.54, 1.807) is 72.8 Å². The number of thiazole rings is 2. The maximum atomic E-state index is 12.8. The number of halogens is 5. The number of aromatic nitrogens is 2. The molecule has 0 fully saturated rings. The molecule has 0 bridgehead atoms. The van der Waals surface area contributed by atoms with Gasteiger partial charge in [-0.2, -0.15) is 13.2 Å². The summed E-state index contributed by atoms with van der Waals surface area (Å²) in [6.07, 6.45) is -1.45. The molecule has 27 heteroatoms. The van der Waals surface area contributed by atoms with E-state index in [-0.39, 0.29) is 154 Å². The Morgan fingerprint density at radius 1 is 0.711 bits per heavy atom. The second kappa shape index (κ2) is 31.1. The number of anilines is 2. The van der Waals surface area contributed by atoms with E-state index in [0.29, 0.717) is 83.0 Å². The molecule has 0 unspecified atom stereocenters. The molecule has 0 saturated heterocycles. The zero-order valence-corrected chi connectivity index (χ0v) is 50.6. The number of alkyl halides is 3. The van der Waals surface area contributed by atoms with Gasteiger partial charge in [-0.05, 0) is 104 Å². The van der Waals surface area contributed by atoms with Crippen molar-refractivity contribution in [3.63, 3.8) is 0 Å². The van der Waals surface area contributed by atoms with Crippen molar-refractivity contribution < 1.29 is 166 Å². The Bertz CT molecular complexity index is 3030. The van der Waals surface area contributed by atoms with Gasteiger partial charge in [0.2, 0.25) is 0 Å². The summed E-state index contributed by atoms with van der Waals surface area (Å²) in [4.78, 5) is 83.7. The van der Waals surface area contributed by atoms with Gasteiger partial charge in [-0.15, -0.1) is 22.7 Å². The predicted molar refractivity (Wildman–Crippen MR) is 270 cm³/mol. The summed E-state index contributed by atoms with van der Waals surface area (Å²) < 4.78 is 47.8. The van der Waals surface area contributed by atoms with E-state index in [2.05, 4.69) is 36.1 Å². The molecule has 7 N–H and O–H groups in total. The van der Waals surface area contributed by atoms with Crippen molar-refractivity contribution in [3.05, 3.63) is 149 Å². The van der Waals surface area contributed by atoms with Crippen LogP contribution in [0.2, 0.25) is 10.0 Å². The number of nitrogens with one attached hydrogen (secondary N) is 5. The molecule has 392 valence electrons. The fourth-order valence-corrected chi connectivity index (χ4v) is 10.1. The molecule has 5 amide bonds. The summed E-state index contributed by atoms with van der Waals surface area (Å²) >= 11 is 14.8. The van der Waals surface area contributed by atoms with Gasteiger partial charge in [0.05, 0.1) is 35.7 Å². The number of aryl methyl sites for hydroxylation is 2. The third kappa shape index (κ3) is 18.9. The van der Waals surface area contributed by atoms with Crippen molar-refractivity contribution in [2.75, 3.05) is 24.9 Å². The number of ether oxygens (including phenoxy) is 2. The minimum atomic E-state index is -4.94. The molecular formula is C49H47Cl2F3K2N8O10S2. The molecule has 2 aromatic heterocycles. The molecule has 0 aliphatic heterocycles. The van der Waals surface area contributed by atoms with E-state index in [4.69, 9.17) is 48.5 Å². The van der Waals surface area contributed by atoms with Crippen molar-refractivity contribution in [1.29, 1.82) is 0 Å². The van der Waals surface area contributed by atoms with E-state index < -0.39 is 24.0 Å².